The third-order valence-corrected chi connectivity index (χ3v) is 1.11. The molecule has 0 heterocycles. The molecule has 0 rings (SSSR count). The van der Waals surface area contributed by atoms with E-state index in [1.54, 1.807) is 12.2 Å². The fourth-order valence-electron chi connectivity index (χ4n) is 0.487. The van der Waals surface area contributed by atoms with Crippen LogP contribution in [0.4, 0.5) is 0 Å². The molecule has 0 aromatic rings. The molecule has 0 atom stereocenters. The van der Waals surface area contributed by atoms with Crippen LogP contribution in [0.25, 0.3) is 0 Å². The zero-order valence-electron chi connectivity index (χ0n) is 6.58. The predicted molar refractivity (Wildman–Crippen MR) is 45.3 cm³/mol. The number of carboxylic acid groups (broad SMARTS) is 1. The normalized spacial score (nSPS) is 11.0. The Hall–Kier alpha value is -1.31. The number of hydrogen-bond acceptors (Lipinski definition) is 1. The van der Waals surface area contributed by atoms with Gasteiger partial charge >= 0.3 is 5.97 Å². The minimum absolute atomic E-state index is 0.214. The van der Waals surface area contributed by atoms with Crippen molar-refractivity contribution in [3.8, 4) is 0 Å². The number of carboxylic acids is 1. The van der Waals surface area contributed by atoms with Crippen LogP contribution < -0.4 is 0 Å². The van der Waals surface area contributed by atoms with E-state index in [1.807, 2.05) is 19.1 Å². The summed E-state index contributed by atoms with van der Waals surface area (Å²) in [6, 6.07) is 0. The van der Waals surface area contributed by atoms with Crippen molar-refractivity contribution in [3.05, 3.63) is 36.5 Å². The van der Waals surface area contributed by atoms with Gasteiger partial charge in [0.25, 0.3) is 0 Å². The van der Waals surface area contributed by atoms with E-state index in [1.165, 1.54) is 0 Å². The van der Waals surface area contributed by atoms with Crippen LogP contribution in [-0.4, -0.2) is 11.1 Å². The highest BCUT2D eigenvalue weighted by Gasteiger charge is 1.98. The summed E-state index contributed by atoms with van der Waals surface area (Å²) in [6.45, 7) is 5.28. The van der Waals surface area contributed by atoms with Gasteiger partial charge in [0.15, 0.2) is 0 Å². The molecule has 60 valence electrons. The summed E-state index contributed by atoms with van der Waals surface area (Å²) in [4.78, 5) is 10.2. The van der Waals surface area contributed by atoms with Gasteiger partial charge in [-0.2, -0.15) is 0 Å². The maximum atomic E-state index is 10.2. The van der Waals surface area contributed by atoms with Crippen LogP contribution in [-0.2, 0) is 4.79 Å². The van der Waals surface area contributed by atoms with E-state index >= 15 is 0 Å². The first kappa shape index (κ1) is 9.69. The Labute approximate surface area is 66.5 Å². The van der Waals surface area contributed by atoms with Crippen LogP contribution in [0.5, 0.6) is 0 Å². The Bertz CT molecular complexity index is 200. The molecule has 0 aliphatic rings. The molecule has 0 bridgehead atoms. The molecule has 0 aromatic carbocycles. The van der Waals surface area contributed by atoms with Gasteiger partial charge in [-0.15, -0.1) is 0 Å². The van der Waals surface area contributed by atoms with E-state index in [-0.39, 0.29) is 5.57 Å². The lowest BCUT2D eigenvalue weighted by atomic mass is 10.2. The van der Waals surface area contributed by atoms with Gasteiger partial charge in [0.1, 0.15) is 0 Å². The third-order valence-electron chi connectivity index (χ3n) is 1.11. The molecule has 0 spiro atoms. The lowest BCUT2D eigenvalue weighted by Crippen LogP contribution is -1.96. The highest BCUT2D eigenvalue weighted by Crippen LogP contribution is 1.98. The molecule has 2 nitrogen and oxygen atoms in total. The van der Waals surface area contributed by atoms with Gasteiger partial charge in [-0.05, 0) is 13.3 Å². The topological polar surface area (TPSA) is 37.3 Å². The SMILES string of the molecule is C=C(CC=CC=CC)C(=O)O. The van der Waals surface area contributed by atoms with Crippen LogP contribution in [0.15, 0.2) is 36.5 Å². The summed E-state index contributed by atoms with van der Waals surface area (Å²) < 4.78 is 0. The highest BCUT2D eigenvalue weighted by atomic mass is 16.4. The molecule has 0 saturated heterocycles. The summed E-state index contributed by atoms with van der Waals surface area (Å²) in [7, 11) is 0. The van der Waals surface area contributed by atoms with Gasteiger partial charge in [-0.3, -0.25) is 0 Å². The van der Waals surface area contributed by atoms with E-state index in [9.17, 15) is 4.79 Å². The predicted octanol–water partition coefficient (Wildman–Crippen LogP) is 2.15. The summed E-state index contributed by atoms with van der Waals surface area (Å²) in [5.74, 6) is -0.935. The molecule has 0 radical (unpaired) electrons. The summed E-state index contributed by atoms with van der Waals surface area (Å²) in [5, 5.41) is 8.39. The first-order chi connectivity index (χ1) is 5.18. The molecule has 0 unspecified atom stereocenters. The van der Waals surface area contributed by atoms with Gasteiger partial charge in [0.05, 0.1) is 0 Å². The maximum absolute atomic E-state index is 10.2. The van der Waals surface area contributed by atoms with Crippen LogP contribution >= 0.6 is 0 Å². The zero-order valence-corrected chi connectivity index (χ0v) is 6.58. The average Bonchev–Trinajstić information content (AvgIpc) is 1.97. The molecule has 2 heteroatoms. The Kier molecular flexibility index (Phi) is 4.82. The second-order valence-electron chi connectivity index (χ2n) is 2.07. The van der Waals surface area contributed by atoms with Crippen molar-refractivity contribution in [3.63, 3.8) is 0 Å². The minimum atomic E-state index is -0.935. The van der Waals surface area contributed by atoms with E-state index < -0.39 is 5.97 Å². The second-order valence-corrected chi connectivity index (χ2v) is 2.07. The highest BCUT2D eigenvalue weighted by molar-refractivity contribution is 5.86. The van der Waals surface area contributed by atoms with Crippen molar-refractivity contribution in [2.24, 2.45) is 0 Å². The van der Waals surface area contributed by atoms with Crippen LogP contribution in [0.3, 0.4) is 0 Å². The Morgan fingerprint density at radius 3 is 2.64 bits per heavy atom. The van der Waals surface area contributed by atoms with Crippen molar-refractivity contribution in [2.45, 2.75) is 13.3 Å². The molecular weight excluding hydrogens is 140 g/mol. The molecule has 0 aliphatic heterocycles. The maximum Gasteiger partial charge on any atom is 0.331 e. The van der Waals surface area contributed by atoms with E-state index in [2.05, 4.69) is 6.58 Å². The quantitative estimate of drug-likeness (QED) is 0.495. The van der Waals surface area contributed by atoms with Gasteiger partial charge < -0.3 is 5.11 Å². The molecule has 1 N–H and O–H groups in total. The van der Waals surface area contributed by atoms with Crippen molar-refractivity contribution < 1.29 is 9.90 Å². The summed E-state index contributed by atoms with van der Waals surface area (Å²) in [6.07, 6.45) is 7.68. The Morgan fingerprint density at radius 1 is 1.55 bits per heavy atom. The molecular formula is C9H12O2. The molecule has 0 fully saturated rings. The average molecular weight is 152 g/mol. The lowest BCUT2D eigenvalue weighted by molar-refractivity contribution is -0.132. The third kappa shape index (κ3) is 5.15. The number of rotatable bonds is 4. The van der Waals surface area contributed by atoms with Crippen molar-refractivity contribution >= 4 is 5.97 Å². The van der Waals surface area contributed by atoms with Crippen molar-refractivity contribution in [1.82, 2.24) is 0 Å². The fourth-order valence-corrected chi connectivity index (χ4v) is 0.487. The molecule has 0 aliphatic carbocycles. The summed E-state index contributed by atoms with van der Waals surface area (Å²) >= 11 is 0. The Morgan fingerprint density at radius 2 is 2.18 bits per heavy atom. The Balaban J connectivity index is 3.71. The largest absolute Gasteiger partial charge is 0.478 e. The lowest BCUT2D eigenvalue weighted by Gasteiger charge is -1.90. The first-order valence-electron chi connectivity index (χ1n) is 3.37. The minimum Gasteiger partial charge on any atom is -0.478 e. The van der Waals surface area contributed by atoms with E-state index in [0.29, 0.717) is 6.42 Å². The van der Waals surface area contributed by atoms with Gasteiger partial charge in [-0.25, -0.2) is 4.79 Å². The fraction of sp³-hybridized carbons (Fsp3) is 0.222. The first-order valence-corrected chi connectivity index (χ1v) is 3.37. The van der Waals surface area contributed by atoms with Gasteiger partial charge in [-0.1, -0.05) is 30.9 Å². The van der Waals surface area contributed by atoms with E-state index in [4.69, 9.17) is 5.11 Å². The van der Waals surface area contributed by atoms with E-state index in [0.717, 1.165) is 0 Å². The molecule has 0 aromatic heterocycles. The van der Waals surface area contributed by atoms with Crippen molar-refractivity contribution in [2.75, 3.05) is 0 Å². The van der Waals surface area contributed by atoms with Crippen LogP contribution in [0.1, 0.15) is 13.3 Å². The molecule has 0 saturated carbocycles. The van der Waals surface area contributed by atoms with Gasteiger partial charge in [0, 0.05) is 5.57 Å². The van der Waals surface area contributed by atoms with Crippen molar-refractivity contribution in [1.29, 1.82) is 0 Å². The second kappa shape index (κ2) is 5.47. The number of allylic oxidation sites excluding steroid dienone is 4. The van der Waals surface area contributed by atoms with Crippen LogP contribution in [0.2, 0.25) is 0 Å². The summed E-state index contributed by atoms with van der Waals surface area (Å²) in [5.41, 5.74) is 0.214. The molecule has 11 heavy (non-hydrogen) atoms. The van der Waals surface area contributed by atoms with Crippen LogP contribution in [0, 0.1) is 0 Å². The monoisotopic (exact) mass is 152 g/mol. The number of carbonyl (C=O) groups is 1. The zero-order chi connectivity index (χ0) is 8.69. The molecule has 0 amide bonds. The smallest absolute Gasteiger partial charge is 0.331 e. The number of hydrogen-bond donors (Lipinski definition) is 1. The van der Waals surface area contributed by atoms with Gasteiger partial charge in [0.2, 0.25) is 0 Å². The number of aliphatic carboxylic acids is 1. The standard InChI is InChI=1S/C9H12O2/c1-3-4-5-6-7-8(2)9(10)11/h3-6H,2,7H2,1H3,(H,10,11).